The molecule has 8 nitrogen and oxygen atoms in total. The quantitative estimate of drug-likeness (QED) is 0.345. The first-order valence-electron chi connectivity index (χ1n) is 11.9. The molecule has 2 aromatic heterocycles. The van der Waals surface area contributed by atoms with Crippen LogP contribution in [0.3, 0.4) is 0 Å². The van der Waals surface area contributed by atoms with Crippen LogP contribution < -0.4 is 20.7 Å². The van der Waals surface area contributed by atoms with E-state index in [0.717, 1.165) is 30.5 Å². The summed E-state index contributed by atoms with van der Waals surface area (Å²) in [6.07, 6.45) is 0.0818. The highest BCUT2D eigenvalue weighted by Crippen LogP contribution is 2.35. The molecule has 1 aliphatic heterocycles. The van der Waals surface area contributed by atoms with Crippen molar-refractivity contribution >= 4 is 23.2 Å². The van der Waals surface area contributed by atoms with Crippen molar-refractivity contribution in [1.82, 2.24) is 9.97 Å². The molecule has 1 saturated heterocycles. The predicted octanol–water partition coefficient (Wildman–Crippen LogP) is 5.52. The topological polar surface area (TPSA) is 97.4 Å². The summed E-state index contributed by atoms with van der Waals surface area (Å²) in [5.74, 6) is 0.360. The number of alkyl halides is 3. The van der Waals surface area contributed by atoms with Gasteiger partial charge in [0.25, 0.3) is 5.91 Å². The van der Waals surface area contributed by atoms with Gasteiger partial charge in [0, 0.05) is 37.8 Å². The highest BCUT2D eigenvalue weighted by molar-refractivity contribution is 6.07. The van der Waals surface area contributed by atoms with Gasteiger partial charge in [0.15, 0.2) is 0 Å². The Morgan fingerprint density at radius 2 is 2.03 bits per heavy atom. The van der Waals surface area contributed by atoms with Crippen LogP contribution in [0.1, 0.15) is 47.3 Å². The zero-order valence-corrected chi connectivity index (χ0v) is 20.4. The van der Waals surface area contributed by atoms with Gasteiger partial charge in [-0.05, 0) is 61.7 Å². The van der Waals surface area contributed by atoms with E-state index in [1.54, 1.807) is 25.4 Å². The van der Waals surface area contributed by atoms with Gasteiger partial charge in [-0.1, -0.05) is 0 Å². The molecule has 1 amide bonds. The number of rotatable bonds is 9. The molecule has 0 saturated carbocycles. The van der Waals surface area contributed by atoms with Crippen LogP contribution in [-0.2, 0) is 10.9 Å². The van der Waals surface area contributed by atoms with E-state index in [2.05, 4.69) is 25.9 Å². The van der Waals surface area contributed by atoms with E-state index in [9.17, 15) is 18.0 Å². The molecule has 1 aromatic carbocycles. The lowest BCUT2D eigenvalue weighted by Crippen LogP contribution is -2.19. The fourth-order valence-electron chi connectivity index (χ4n) is 3.93. The number of amides is 1. The summed E-state index contributed by atoms with van der Waals surface area (Å²) in [6.45, 7) is 2.64. The van der Waals surface area contributed by atoms with Crippen molar-refractivity contribution in [3.63, 3.8) is 0 Å². The van der Waals surface area contributed by atoms with Crippen LogP contribution in [0, 0.1) is 0 Å². The van der Waals surface area contributed by atoms with Crippen molar-refractivity contribution in [2.75, 3.05) is 36.2 Å². The monoisotopic (exact) mass is 515 g/mol. The van der Waals surface area contributed by atoms with Crippen molar-refractivity contribution < 1.29 is 27.4 Å². The van der Waals surface area contributed by atoms with Gasteiger partial charge in [-0.25, -0.2) is 9.97 Å². The zero-order chi connectivity index (χ0) is 26.4. The minimum absolute atomic E-state index is 0.00296. The number of nitrogens with one attached hydrogen (secondary N) is 3. The molecule has 4 rings (SSSR count). The average molecular weight is 516 g/mol. The van der Waals surface area contributed by atoms with Crippen molar-refractivity contribution in [3.05, 3.63) is 71.5 Å². The molecule has 0 spiro atoms. The Balaban J connectivity index is 1.53. The fraction of sp³-hybridized carbons (Fsp3) is 0.346. The van der Waals surface area contributed by atoms with Crippen LogP contribution in [0.5, 0.6) is 5.75 Å². The maximum atomic E-state index is 13.6. The molecule has 1 fully saturated rings. The van der Waals surface area contributed by atoms with Crippen LogP contribution in [0.4, 0.5) is 30.5 Å². The number of nitrogens with zero attached hydrogens (tertiary/aromatic N) is 2. The number of ether oxygens (including phenoxy) is 2. The largest absolute Gasteiger partial charge is 0.491 e. The first-order valence-corrected chi connectivity index (χ1v) is 11.9. The van der Waals surface area contributed by atoms with E-state index in [0.29, 0.717) is 12.4 Å². The third-order valence-electron chi connectivity index (χ3n) is 5.90. The Hall–Kier alpha value is -3.86. The molecule has 11 heteroatoms. The maximum absolute atomic E-state index is 13.6. The smallest absolute Gasteiger partial charge is 0.416 e. The molecule has 1 unspecified atom stereocenters. The number of anilines is 3. The minimum atomic E-state index is -4.62. The van der Waals surface area contributed by atoms with E-state index >= 15 is 0 Å². The zero-order valence-electron chi connectivity index (χ0n) is 20.4. The summed E-state index contributed by atoms with van der Waals surface area (Å²) in [6, 6.07) is 9.75. The van der Waals surface area contributed by atoms with Gasteiger partial charge in [0.05, 0.1) is 23.3 Å². The van der Waals surface area contributed by atoms with Crippen LogP contribution in [-0.4, -0.2) is 42.2 Å². The summed E-state index contributed by atoms with van der Waals surface area (Å²) in [7, 11) is 1.76. The Bertz CT molecular complexity index is 1230. The molecule has 37 heavy (non-hydrogen) atoms. The van der Waals surface area contributed by atoms with Gasteiger partial charge >= 0.3 is 6.18 Å². The number of hydrogen-bond acceptors (Lipinski definition) is 7. The van der Waals surface area contributed by atoms with Crippen LogP contribution in [0.15, 0.2) is 54.9 Å². The van der Waals surface area contributed by atoms with E-state index in [4.69, 9.17) is 9.47 Å². The van der Waals surface area contributed by atoms with Gasteiger partial charge < -0.3 is 25.4 Å². The highest BCUT2D eigenvalue weighted by atomic mass is 19.4. The second-order valence-electron chi connectivity index (χ2n) is 8.63. The number of benzene rings is 1. The molecule has 0 aliphatic carbocycles. The summed E-state index contributed by atoms with van der Waals surface area (Å²) in [4.78, 5) is 21.6. The van der Waals surface area contributed by atoms with Crippen molar-refractivity contribution in [2.45, 2.75) is 38.1 Å². The van der Waals surface area contributed by atoms with E-state index in [1.807, 2.05) is 19.1 Å². The van der Waals surface area contributed by atoms with E-state index in [-0.39, 0.29) is 41.6 Å². The first kappa shape index (κ1) is 26.2. The Morgan fingerprint density at radius 3 is 2.76 bits per heavy atom. The molecule has 0 bridgehead atoms. The number of pyridine rings is 2. The molecule has 3 aromatic rings. The number of carbonyl (C=O) groups excluding carboxylic acids is 1. The molecule has 196 valence electrons. The molecule has 1 aliphatic rings. The molecule has 2 atom stereocenters. The summed E-state index contributed by atoms with van der Waals surface area (Å²) in [5.41, 5.74) is 0.111. The second kappa shape index (κ2) is 11.5. The first-order chi connectivity index (χ1) is 17.7. The second-order valence-corrected chi connectivity index (χ2v) is 8.63. The molecular formula is C26H28F3N5O3. The minimum Gasteiger partial charge on any atom is -0.491 e. The lowest BCUT2D eigenvalue weighted by atomic mass is 10.1. The Kier molecular flexibility index (Phi) is 8.12. The molecule has 3 heterocycles. The van der Waals surface area contributed by atoms with E-state index in [1.165, 1.54) is 12.3 Å². The van der Waals surface area contributed by atoms with Gasteiger partial charge in [-0.15, -0.1) is 0 Å². The highest BCUT2D eigenvalue weighted by Gasteiger charge is 2.32. The van der Waals surface area contributed by atoms with Crippen molar-refractivity contribution in [3.8, 4) is 5.75 Å². The number of carbonyl (C=O) groups is 1. The Morgan fingerprint density at radius 1 is 1.19 bits per heavy atom. The fourth-order valence-corrected chi connectivity index (χ4v) is 3.93. The predicted molar refractivity (Wildman–Crippen MR) is 134 cm³/mol. The maximum Gasteiger partial charge on any atom is 0.416 e. The van der Waals surface area contributed by atoms with Crippen molar-refractivity contribution in [2.24, 2.45) is 0 Å². The lowest BCUT2D eigenvalue weighted by molar-refractivity contribution is -0.137. The normalized spacial score (nSPS) is 16.2. The van der Waals surface area contributed by atoms with Crippen molar-refractivity contribution in [1.29, 1.82) is 0 Å². The molecule has 0 radical (unpaired) electrons. The summed E-state index contributed by atoms with van der Waals surface area (Å²) < 4.78 is 51.7. The van der Waals surface area contributed by atoms with Gasteiger partial charge in [0.2, 0.25) is 0 Å². The third-order valence-corrected chi connectivity index (χ3v) is 5.90. The van der Waals surface area contributed by atoms with E-state index < -0.39 is 17.6 Å². The van der Waals surface area contributed by atoms with Crippen LogP contribution in [0.25, 0.3) is 0 Å². The van der Waals surface area contributed by atoms with Gasteiger partial charge in [-0.3, -0.25) is 4.79 Å². The lowest BCUT2D eigenvalue weighted by Gasteiger charge is -2.18. The Labute approximate surface area is 212 Å². The summed E-state index contributed by atoms with van der Waals surface area (Å²) >= 11 is 0. The molecular weight excluding hydrogens is 487 g/mol. The number of aromatic nitrogens is 2. The number of hydrogen-bond donors (Lipinski definition) is 3. The van der Waals surface area contributed by atoms with Crippen LogP contribution >= 0.6 is 0 Å². The SMILES string of the molecule is CNc1cc(C(C)Nc2ncccc2C(=O)Nc2cc(OC[C@@H]3CCCO3)cc(C(F)(F)F)c2)ccn1. The third kappa shape index (κ3) is 6.88. The standard InChI is InChI=1S/C26H28F3N5O3/c1-16(17-7-9-31-23(11-17)30-2)33-24-22(6-3-8-32-24)25(35)34-19-12-18(26(27,28)29)13-21(14-19)37-15-20-5-4-10-36-20/h3,6-9,11-14,16,20H,4-5,10,15H2,1-2H3,(H,30,31)(H,32,33)(H,34,35)/t16?,20-/m0/s1. The number of halogens is 3. The average Bonchev–Trinajstić information content (AvgIpc) is 3.41. The summed E-state index contributed by atoms with van der Waals surface area (Å²) in [5, 5.41) is 8.73. The van der Waals surface area contributed by atoms with Gasteiger partial charge in [0.1, 0.15) is 24.0 Å². The van der Waals surface area contributed by atoms with Crippen LogP contribution in [0.2, 0.25) is 0 Å². The molecule has 3 N–H and O–H groups in total. The van der Waals surface area contributed by atoms with Gasteiger partial charge in [-0.2, -0.15) is 13.2 Å².